The minimum absolute atomic E-state index is 0.0323. The van der Waals surface area contributed by atoms with Crippen LogP contribution < -0.4 is 5.32 Å². The molecule has 0 unspecified atom stereocenters. The van der Waals surface area contributed by atoms with E-state index < -0.39 is 5.41 Å². The fraction of sp³-hybridized carbons (Fsp3) is 0.417. The number of nitrogens with one attached hydrogen (secondary N) is 1. The lowest BCUT2D eigenvalue weighted by Gasteiger charge is -2.29. The Hall–Kier alpha value is -2.69. The summed E-state index contributed by atoms with van der Waals surface area (Å²) in [4.78, 5) is 27.3. The third-order valence-corrected chi connectivity index (χ3v) is 5.70. The molecule has 1 heterocycles. The molecule has 2 aromatic rings. The number of hydrogen-bond acceptors (Lipinski definition) is 2. The quantitative estimate of drug-likeness (QED) is 0.763. The van der Waals surface area contributed by atoms with Crippen molar-refractivity contribution < 1.29 is 14.0 Å². The lowest BCUT2D eigenvalue weighted by Crippen LogP contribution is -2.45. The molecule has 4 nitrogen and oxygen atoms in total. The van der Waals surface area contributed by atoms with Gasteiger partial charge in [0.05, 0.1) is 5.41 Å². The number of amides is 2. The molecule has 1 aliphatic heterocycles. The summed E-state index contributed by atoms with van der Waals surface area (Å²) in [7, 11) is 0. The molecule has 2 amide bonds. The first-order valence-electron chi connectivity index (χ1n) is 10.4. The van der Waals surface area contributed by atoms with Crippen molar-refractivity contribution >= 4 is 11.8 Å². The van der Waals surface area contributed by atoms with E-state index in [4.69, 9.17) is 0 Å². The average molecular weight is 397 g/mol. The number of benzene rings is 2. The molecule has 0 bridgehead atoms. The molecule has 0 aromatic heterocycles. The van der Waals surface area contributed by atoms with Gasteiger partial charge in [-0.3, -0.25) is 9.59 Å². The van der Waals surface area contributed by atoms with Gasteiger partial charge >= 0.3 is 0 Å². The van der Waals surface area contributed by atoms with Crippen LogP contribution >= 0.6 is 0 Å². The predicted molar refractivity (Wildman–Crippen MR) is 113 cm³/mol. The Morgan fingerprint density at radius 1 is 1.07 bits per heavy atom. The second-order valence-electron chi connectivity index (χ2n) is 7.77. The van der Waals surface area contributed by atoms with Gasteiger partial charge in [-0.25, -0.2) is 4.39 Å². The van der Waals surface area contributed by atoms with Crippen LogP contribution in [0.2, 0.25) is 0 Å². The minimum Gasteiger partial charge on any atom is -0.356 e. The molecule has 0 saturated carbocycles. The molecule has 0 spiro atoms. The van der Waals surface area contributed by atoms with Crippen molar-refractivity contribution in [2.75, 3.05) is 19.6 Å². The highest BCUT2D eigenvalue weighted by molar-refractivity contribution is 5.86. The van der Waals surface area contributed by atoms with Crippen molar-refractivity contribution in [2.24, 2.45) is 5.41 Å². The molecule has 1 saturated heterocycles. The number of carbonyl (C=O) groups is 2. The van der Waals surface area contributed by atoms with Crippen molar-refractivity contribution in [3.63, 3.8) is 0 Å². The molecular weight excluding hydrogens is 367 g/mol. The Bertz CT molecular complexity index is 883. The molecule has 2 aromatic carbocycles. The number of rotatable bonds is 7. The van der Waals surface area contributed by atoms with Crippen LogP contribution in [-0.4, -0.2) is 36.3 Å². The van der Waals surface area contributed by atoms with Crippen molar-refractivity contribution in [1.29, 1.82) is 0 Å². The number of hydrogen-bond donors (Lipinski definition) is 1. The van der Waals surface area contributed by atoms with E-state index in [-0.39, 0.29) is 17.6 Å². The van der Waals surface area contributed by atoms with E-state index >= 15 is 0 Å². The van der Waals surface area contributed by atoms with Crippen molar-refractivity contribution in [1.82, 2.24) is 10.2 Å². The Morgan fingerprint density at radius 2 is 1.76 bits per heavy atom. The Kier molecular flexibility index (Phi) is 6.68. The summed E-state index contributed by atoms with van der Waals surface area (Å²) < 4.78 is 14.5. The third kappa shape index (κ3) is 4.50. The summed E-state index contributed by atoms with van der Waals surface area (Å²) in [5.74, 6) is -0.214. The van der Waals surface area contributed by atoms with Gasteiger partial charge in [0, 0.05) is 31.6 Å². The molecule has 0 radical (unpaired) electrons. The van der Waals surface area contributed by atoms with E-state index in [1.807, 2.05) is 49.1 Å². The van der Waals surface area contributed by atoms with Crippen molar-refractivity contribution in [3.8, 4) is 11.1 Å². The van der Waals surface area contributed by atoms with E-state index in [9.17, 15) is 14.0 Å². The van der Waals surface area contributed by atoms with E-state index in [0.717, 1.165) is 17.5 Å². The average Bonchev–Trinajstić information content (AvgIpc) is 3.15. The van der Waals surface area contributed by atoms with Gasteiger partial charge in [0.1, 0.15) is 5.82 Å². The maximum absolute atomic E-state index is 14.5. The Morgan fingerprint density at radius 3 is 2.45 bits per heavy atom. The van der Waals surface area contributed by atoms with Gasteiger partial charge in [0.25, 0.3) is 0 Å². The molecule has 3 rings (SSSR count). The summed E-state index contributed by atoms with van der Waals surface area (Å²) in [6, 6.07) is 14.4. The summed E-state index contributed by atoms with van der Waals surface area (Å²) in [6.45, 7) is 5.41. The molecule has 1 atom stereocenters. The van der Waals surface area contributed by atoms with E-state index in [2.05, 4.69) is 5.32 Å². The highest BCUT2D eigenvalue weighted by Crippen LogP contribution is 2.38. The first-order valence-corrected chi connectivity index (χ1v) is 10.4. The second-order valence-corrected chi connectivity index (χ2v) is 7.77. The fourth-order valence-corrected chi connectivity index (χ4v) is 4.20. The normalized spacial score (nSPS) is 18.7. The second kappa shape index (κ2) is 9.21. The van der Waals surface area contributed by atoms with Crippen LogP contribution in [0.1, 0.15) is 38.7 Å². The molecule has 154 valence electrons. The van der Waals surface area contributed by atoms with Gasteiger partial charge in [-0.15, -0.1) is 0 Å². The molecule has 1 N–H and O–H groups in total. The SMILES string of the molecule is CCCC(=O)N1CC[C@](Cc2ccccc2-c2ccccc2F)(C(=O)NCC)C1. The van der Waals surface area contributed by atoms with Crippen LogP contribution in [0.3, 0.4) is 0 Å². The summed E-state index contributed by atoms with van der Waals surface area (Å²) >= 11 is 0. The standard InChI is InChI=1S/C24H29FN2O2/c1-3-9-22(28)27-15-14-24(17-27,23(29)26-4-2)16-18-10-5-6-11-19(18)20-12-7-8-13-21(20)25/h5-8,10-13H,3-4,9,14-17H2,1-2H3,(H,26,29)/t24-/m1/s1. The zero-order chi connectivity index (χ0) is 20.9. The number of likely N-dealkylation sites (tertiary alicyclic amines) is 1. The van der Waals surface area contributed by atoms with Gasteiger partial charge in [0.15, 0.2) is 0 Å². The summed E-state index contributed by atoms with van der Waals surface area (Å²) in [5.41, 5.74) is 1.56. The van der Waals surface area contributed by atoms with Crippen LogP contribution in [0.15, 0.2) is 48.5 Å². The van der Waals surface area contributed by atoms with Gasteiger partial charge in [-0.2, -0.15) is 0 Å². The van der Waals surface area contributed by atoms with Crippen LogP contribution in [0.4, 0.5) is 4.39 Å². The van der Waals surface area contributed by atoms with E-state index in [1.165, 1.54) is 6.07 Å². The lowest BCUT2D eigenvalue weighted by molar-refractivity contribution is -0.133. The maximum atomic E-state index is 14.5. The molecule has 5 heteroatoms. The van der Waals surface area contributed by atoms with Gasteiger partial charge in [-0.1, -0.05) is 49.4 Å². The Balaban J connectivity index is 1.96. The maximum Gasteiger partial charge on any atom is 0.228 e. The number of carbonyl (C=O) groups excluding carboxylic acids is 2. The zero-order valence-electron chi connectivity index (χ0n) is 17.2. The minimum atomic E-state index is -0.694. The number of halogens is 1. The largest absolute Gasteiger partial charge is 0.356 e. The van der Waals surface area contributed by atoms with Crippen molar-refractivity contribution in [2.45, 2.75) is 39.5 Å². The van der Waals surface area contributed by atoms with Crippen LogP contribution in [0.25, 0.3) is 11.1 Å². The summed E-state index contributed by atoms with van der Waals surface area (Å²) in [5, 5.41) is 2.96. The first-order chi connectivity index (χ1) is 14.0. The Labute approximate surface area is 172 Å². The zero-order valence-corrected chi connectivity index (χ0v) is 17.2. The van der Waals surface area contributed by atoms with Crippen molar-refractivity contribution in [3.05, 3.63) is 59.9 Å². The smallest absolute Gasteiger partial charge is 0.228 e. The highest BCUT2D eigenvalue weighted by Gasteiger charge is 2.45. The number of nitrogens with zero attached hydrogens (tertiary/aromatic N) is 1. The third-order valence-electron chi connectivity index (χ3n) is 5.70. The van der Waals surface area contributed by atoms with E-state index in [0.29, 0.717) is 44.5 Å². The monoisotopic (exact) mass is 396 g/mol. The predicted octanol–water partition coefficient (Wildman–Crippen LogP) is 4.19. The van der Waals surface area contributed by atoms with Gasteiger partial charge < -0.3 is 10.2 Å². The summed E-state index contributed by atoms with van der Waals surface area (Å²) in [6.07, 6.45) is 2.37. The first kappa shape index (κ1) is 21.0. The lowest BCUT2D eigenvalue weighted by atomic mass is 9.78. The highest BCUT2D eigenvalue weighted by atomic mass is 19.1. The van der Waals surface area contributed by atoms with E-state index in [1.54, 1.807) is 12.1 Å². The molecule has 0 aliphatic carbocycles. The fourth-order valence-electron chi connectivity index (χ4n) is 4.20. The topological polar surface area (TPSA) is 49.4 Å². The molecule has 1 aliphatic rings. The van der Waals surface area contributed by atoms with Crippen LogP contribution in [-0.2, 0) is 16.0 Å². The molecule has 29 heavy (non-hydrogen) atoms. The van der Waals surface area contributed by atoms with Gasteiger partial charge in [0.2, 0.25) is 11.8 Å². The van der Waals surface area contributed by atoms with Gasteiger partial charge in [-0.05, 0) is 43.4 Å². The molecule has 1 fully saturated rings. The van der Waals surface area contributed by atoms with Crippen LogP contribution in [0, 0.1) is 11.2 Å². The molecular formula is C24H29FN2O2. The van der Waals surface area contributed by atoms with Crippen LogP contribution in [0.5, 0.6) is 0 Å².